The Bertz CT molecular complexity index is 999. The topological polar surface area (TPSA) is 106 Å². The van der Waals surface area contributed by atoms with Crippen LogP contribution in [0.15, 0.2) is 54.7 Å². The first-order chi connectivity index (χ1) is 13.6. The van der Waals surface area contributed by atoms with Crippen molar-refractivity contribution in [3.63, 3.8) is 0 Å². The Labute approximate surface area is 162 Å². The summed E-state index contributed by atoms with van der Waals surface area (Å²) in [7, 11) is 1.48. The maximum Gasteiger partial charge on any atom is 0.256 e. The summed E-state index contributed by atoms with van der Waals surface area (Å²) >= 11 is 0. The molecule has 3 rings (SSSR count). The van der Waals surface area contributed by atoms with Crippen LogP contribution in [0.5, 0.6) is 5.75 Å². The molecule has 1 aromatic heterocycles. The minimum Gasteiger partial charge on any atom is -0.496 e. The number of anilines is 1. The van der Waals surface area contributed by atoms with E-state index in [0.717, 1.165) is 10.8 Å². The molecule has 144 valence electrons. The molecule has 0 bridgehead atoms. The molecular weight excluding hydrogens is 356 g/mol. The molecule has 0 aliphatic rings. The van der Waals surface area contributed by atoms with Gasteiger partial charge in [-0.25, -0.2) is 4.98 Å². The predicted molar refractivity (Wildman–Crippen MR) is 109 cm³/mol. The highest BCUT2D eigenvalue weighted by Gasteiger charge is 2.16. The Kier molecular flexibility index (Phi) is 6.18. The fraction of sp³-hybridized carbons (Fsp3) is 0.190. The number of carbonyl (C=O) groups is 2. The van der Waals surface area contributed by atoms with E-state index in [2.05, 4.69) is 15.6 Å². The predicted octanol–water partition coefficient (Wildman–Crippen LogP) is 2.57. The van der Waals surface area contributed by atoms with Crippen LogP contribution < -0.4 is 21.1 Å². The summed E-state index contributed by atoms with van der Waals surface area (Å²) in [6.45, 7) is 0.937. The highest BCUT2D eigenvalue weighted by molar-refractivity contribution is 6.09. The van der Waals surface area contributed by atoms with Crippen LogP contribution in [-0.4, -0.2) is 37.0 Å². The van der Waals surface area contributed by atoms with Crippen molar-refractivity contribution in [3.8, 4) is 5.75 Å². The summed E-state index contributed by atoms with van der Waals surface area (Å²) in [5.41, 5.74) is 6.07. The second kappa shape index (κ2) is 8.96. The fourth-order valence-corrected chi connectivity index (χ4v) is 2.82. The molecule has 2 aromatic carbocycles. The molecule has 0 aliphatic carbocycles. The Balaban J connectivity index is 1.85. The third kappa shape index (κ3) is 4.27. The van der Waals surface area contributed by atoms with Crippen molar-refractivity contribution in [2.45, 2.75) is 6.42 Å². The number of methoxy groups -OCH3 is 1. The lowest BCUT2D eigenvalue weighted by molar-refractivity contribution is 0.0950. The molecule has 0 unspecified atom stereocenters. The Morgan fingerprint density at radius 3 is 2.71 bits per heavy atom. The van der Waals surface area contributed by atoms with Crippen molar-refractivity contribution < 1.29 is 14.3 Å². The van der Waals surface area contributed by atoms with Gasteiger partial charge < -0.3 is 21.1 Å². The monoisotopic (exact) mass is 378 g/mol. The molecule has 3 aromatic rings. The quantitative estimate of drug-likeness (QED) is 0.548. The van der Waals surface area contributed by atoms with Crippen molar-refractivity contribution in [3.05, 3.63) is 65.9 Å². The summed E-state index contributed by atoms with van der Waals surface area (Å²) in [5.74, 6) is 0.184. The van der Waals surface area contributed by atoms with E-state index in [0.29, 0.717) is 36.6 Å². The summed E-state index contributed by atoms with van der Waals surface area (Å²) in [6.07, 6.45) is 2.31. The first kappa shape index (κ1) is 19.3. The van der Waals surface area contributed by atoms with Gasteiger partial charge in [0.2, 0.25) is 0 Å². The number of nitrogens with zero attached hydrogens (tertiary/aromatic N) is 1. The number of hydrogen-bond donors (Lipinski definition) is 3. The Hall–Kier alpha value is -3.45. The van der Waals surface area contributed by atoms with Crippen LogP contribution in [0, 0.1) is 0 Å². The summed E-state index contributed by atoms with van der Waals surface area (Å²) in [6, 6.07) is 14.2. The lowest BCUT2D eigenvalue weighted by atomic mass is 10.1. The number of rotatable bonds is 7. The third-order valence-electron chi connectivity index (χ3n) is 4.28. The Morgan fingerprint density at radius 2 is 1.93 bits per heavy atom. The molecule has 28 heavy (non-hydrogen) atoms. The number of ether oxygens (including phenoxy) is 1. The molecule has 1 heterocycles. The largest absolute Gasteiger partial charge is 0.496 e. The second-order valence-electron chi connectivity index (χ2n) is 6.15. The molecule has 7 heteroatoms. The number of carbonyl (C=O) groups excluding carboxylic acids is 2. The molecule has 0 saturated carbocycles. The zero-order valence-electron chi connectivity index (χ0n) is 15.6. The minimum atomic E-state index is -0.359. The number of pyridine rings is 1. The Morgan fingerprint density at radius 1 is 1.11 bits per heavy atom. The van der Waals surface area contributed by atoms with Crippen LogP contribution in [0.1, 0.15) is 27.1 Å². The van der Waals surface area contributed by atoms with E-state index in [1.54, 1.807) is 18.3 Å². The number of aromatic nitrogens is 1. The number of nitrogens with one attached hydrogen (secondary N) is 2. The molecule has 0 aliphatic heterocycles. The standard InChI is InChI=1S/C21H22N4O3/c1-28-18-8-7-15(13-17(18)21(27)24-11-4-10-22)20(26)25-19-16-6-3-2-5-14(16)9-12-23-19/h2-3,5-9,12-13H,4,10-11,22H2,1H3,(H,24,27)(H,23,25,26). The first-order valence-corrected chi connectivity index (χ1v) is 8.95. The highest BCUT2D eigenvalue weighted by Crippen LogP contribution is 2.23. The number of hydrogen-bond acceptors (Lipinski definition) is 5. The van der Waals surface area contributed by atoms with E-state index in [1.807, 2.05) is 30.3 Å². The summed E-state index contributed by atoms with van der Waals surface area (Å²) in [5, 5.41) is 7.40. The maximum absolute atomic E-state index is 12.8. The average Bonchev–Trinajstić information content (AvgIpc) is 2.73. The first-order valence-electron chi connectivity index (χ1n) is 8.95. The zero-order chi connectivity index (χ0) is 19.9. The number of benzene rings is 2. The molecule has 4 N–H and O–H groups in total. The third-order valence-corrected chi connectivity index (χ3v) is 4.28. The van der Waals surface area contributed by atoms with Gasteiger partial charge in [-0.2, -0.15) is 0 Å². The second-order valence-corrected chi connectivity index (χ2v) is 6.15. The molecule has 0 radical (unpaired) electrons. The van der Waals surface area contributed by atoms with Crippen LogP contribution in [0.25, 0.3) is 10.8 Å². The van der Waals surface area contributed by atoms with E-state index in [4.69, 9.17) is 10.5 Å². The highest BCUT2D eigenvalue weighted by atomic mass is 16.5. The van der Waals surface area contributed by atoms with Gasteiger partial charge in [0.25, 0.3) is 11.8 Å². The minimum absolute atomic E-state index is 0.290. The van der Waals surface area contributed by atoms with Gasteiger partial charge in [0.15, 0.2) is 0 Å². The molecule has 7 nitrogen and oxygen atoms in total. The van der Waals surface area contributed by atoms with Gasteiger partial charge in [-0.3, -0.25) is 9.59 Å². The molecule has 0 spiro atoms. The molecule has 0 saturated heterocycles. The SMILES string of the molecule is COc1ccc(C(=O)Nc2nccc3ccccc23)cc1C(=O)NCCCN. The fourth-order valence-electron chi connectivity index (χ4n) is 2.82. The van der Waals surface area contributed by atoms with Gasteiger partial charge in [-0.05, 0) is 42.6 Å². The van der Waals surface area contributed by atoms with Gasteiger partial charge in [-0.1, -0.05) is 24.3 Å². The molecule has 2 amide bonds. The van der Waals surface area contributed by atoms with Crippen LogP contribution in [0.2, 0.25) is 0 Å². The smallest absolute Gasteiger partial charge is 0.256 e. The van der Waals surface area contributed by atoms with E-state index in [1.165, 1.54) is 13.2 Å². The van der Waals surface area contributed by atoms with E-state index in [9.17, 15) is 9.59 Å². The van der Waals surface area contributed by atoms with Crippen molar-refractivity contribution in [2.24, 2.45) is 5.73 Å². The lowest BCUT2D eigenvalue weighted by Gasteiger charge is -2.12. The maximum atomic E-state index is 12.8. The number of nitrogens with two attached hydrogens (primary N) is 1. The van der Waals surface area contributed by atoms with Gasteiger partial charge >= 0.3 is 0 Å². The lowest BCUT2D eigenvalue weighted by Crippen LogP contribution is -2.26. The summed E-state index contributed by atoms with van der Waals surface area (Å²) < 4.78 is 5.25. The van der Waals surface area contributed by atoms with Crippen molar-refractivity contribution in [1.82, 2.24) is 10.3 Å². The van der Waals surface area contributed by atoms with Crippen molar-refractivity contribution in [2.75, 3.05) is 25.5 Å². The van der Waals surface area contributed by atoms with Crippen molar-refractivity contribution >= 4 is 28.4 Å². The van der Waals surface area contributed by atoms with Crippen molar-refractivity contribution in [1.29, 1.82) is 0 Å². The van der Waals surface area contributed by atoms with Gasteiger partial charge in [0.1, 0.15) is 11.6 Å². The molecular formula is C21H22N4O3. The zero-order valence-corrected chi connectivity index (χ0v) is 15.6. The van der Waals surface area contributed by atoms with Crippen LogP contribution in [0.3, 0.4) is 0 Å². The van der Waals surface area contributed by atoms with Gasteiger partial charge in [0, 0.05) is 23.7 Å². The van der Waals surface area contributed by atoms with Gasteiger partial charge in [0.05, 0.1) is 12.7 Å². The van der Waals surface area contributed by atoms with Crippen LogP contribution in [0.4, 0.5) is 5.82 Å². The van der Waals surface area contributed by atoms with Crippen LogP contribution >= 0.6 is 0 Å². The van der Waals surface area contributed by atoms with Crippen LogP contribution in [-0.2, 0) is 0 Å². The normalized spacial score (nSPS) is 10.5. The van der Waals surface area contributed by atoms with E-state index < -0.39 is 0 Å². The van der Waals surface area contributed by atoms with Gasteiger partial charge in [-0.15, -0.1) is 0 Å². The van der Waals surface area contributed by atoms with E-state index in [-0.39, 0.29) is 17.4 Å². The molecule has 0 fully saturated rings. The molecule has 0 atom stereocenters. The number of amides is 2. The average molecular weight is 378 g/mol. The van der Waals surface area contributed by atoms with E-state index >= 15 is 0 Å². The number of fused-ring (bicyclic) bond motifs is 1. The summed E-state index contributed by atoms with van der Waals surface area (Å²) in [4.78, 5) is 29.4.